The summed E-state index contributed by atoms with van der Waals surface area (Å²) in [6.07, 6.45) is 0. The highest BCUT2D eigenvalue weighted by molar-refractivity contribution is 7.89. The molecule has 1 aromatic heterocycles. The second-order valence-electron chi connectivity index (χ2n) is 7.00. The van der Waals surface area contributed by atoms with E-state index in [0.29, 0.717) is 5.56 Å². The standard InChI is InChI=1S/C20H23FN2O6S/c1-13-10-16(14(2)22(13)3)18(24)12-29-20(25)15-4-5-17(21)19(11-15)30(26,27)23-6-8-28-9-7-23/h4-5,10-11H,6-9,12H2,1-3H3. The molecule has 1 aliphatic heterocycles. The second-order valence-corrected chi connectivity index (χ2v) is 8.91. The summed E-state index contributed by atoms with van der Waals surface area (Å²) in [6, 6.07) is 4.66. The summed E-state index contributed by atoms with van der Waals surface area (Å²) in [5.74, 6) is -2.26. The highest BCUT2D eigenvalue weighted by Gasteiger charge is 2.30. The van der Waals surface area contributed by atoms with E-state index in [4.69, 9.17) is 9.47 Å². The van der Waals surface area contributed by atoms with Crippen molar-refractivity contribution in [3.8, 4) is 0 Å². The van der Waals surface area contributed by atoms with Crippen LogP contribution in [0, 0.1) is 19.7 Å². The number of nitrogens with zero attached hydrogens (tertiary/aromatic N) is 2. The van der Waals surface area contributed by atoms with Gasteiger partial charge in [-0.15, -0.1) is 0 Å². The Bertz CT molecular complexity index is 1090. The minimum absolute atomic E-state index is 0.0980. The molecule has 3 rings (SSSR count). The number of Topliss-reactive ketones (excluding diaryl/α,β-unsaturated/α-hetero) is 1. The summed E-state index contributed by atoms with van der Waals surface area (Å²) < 4.78 is 52.8. The normalized spacial score (nSPS) is 15.2. The van der Waals surface area contributed by atoms with Crippen LogP contribution in [0.2, 0.25) is 0 Å². The Morgan fingerprint density at radius 2 is 1.83 bits per heavy atom. The number of sulfonamides is 1. The summed E-state index contributed by atoms with van der Waals surface area (Å²) in [7, 11) is -2.31. The van der Waals surface area contributed by atoms with Crippen LogP contribution in [0.3, 0.4) is 0 Å². The fourth-order valence-electron chi connectivity index (χ4n) is 3.18. The monoisotopic (exact) mass is 438 g/mol. The molecule has 0 N–H and O–H groups in total. The zero-order valence-electron chi connectivity index (χ0n) is 17.0. The number of aryl methyl sites for hydroxylation is 1. The zero-order chi connectivity index (χ0) is 22.1. The molecule has 0 aliphatic carbocycles. The van der Waals surface area contributed by atoms with E-state index in [1.54, 1.807) is 13.0 Å². The average molecular weight is 438 g/mol. The maximum Gasteiger partial charge on any atom is 0.338 e. The van der Waals surface area contributed by atoms with Gasteiger partial charge < -0.3 is 14.0 Å². The van der Waals surface area contributed by atoms with Crippen molar-refractivity contribution >= 4 is 21.8 Å². The maximum absolute atomic E-state index is 14.3. The van der Waals surface area contributed by atoms with Crippen molar-refractivity contribution in [1.82, 2.24) is 8.87 Å². The molecular formula is C20H23FN2O6S. The van der Waals surface area contributed by atoms with Gasteiger partial charge in [0.1, 0.15) is 10.7 Å². The van der Waals surface area contributed by atoms with Gasteiger partial charge in [-0.25, -0.2) is 17.6 Å². The number of hydrogen-bond acceptors (Lipinski definition) is 6. The van der Waals surface area contributed by atoms with Gasteiger partial charge in [0.05, 0.1) is 18.8 Å². The topological polar surface area (TPSA) is 94.9 Å². The first kappa shape index (κ1) is 22.1. The molecule has 1 fully saturated rings. The van der Waals surface area contributed by atoms with Crippen LogP contribution in [0.25, 0.3) is 0 Å². The van der Waals surface area contributed by atoms with Gasteiger partial charge in [0.25, 0.3) is 0 Å². The summed E-state index contributed by atoms with van der Waals surface area (Å²) >= 11 is 0. The molecule has 10 heteroatoms. The van der Waals surface area contributed by atoms with E-state index in [1.807, 2.05) is 18.5 Å². The number of rotatable bonds is 6. The summed E-state index contributed by atoms with van der Waals surface area (Å²) in [5, 5.41) is 0. The number of ether oxygens (including phenoxy) is 2. The molecular weight excluding hydrogens is 415 g/mol. The van der Waals surface area contributed by atoms with Crippen LogP contribution < -0.4 is 0 Å². The van der Waals surface area contributed by atoms with Crippen LogP contribution >= 0.6 is 0 Å². The number of esters is 1. The van der Waals surface area contributed by atoms with Crippen molar-refractivity contribution in [3.05, 3.63) is 52.6 Å². The Kier molecular flexibility index (Phi) is 6.39. The third-order valence-electron chi connectivity index (χ3n) is 5.16. The lowest BCUT2D eigenvalue weighted by atomic mass is 10.1. The fourth-order valence-corrected chi connectivity index (χ4v) is 4.68. The molecule has 2 aromatic rings. The highest BCUT2D eigenvalue weighted by atomic mass is 32.2. The quantitative estimate of drug-likeness (QED) is 0.505. The van der Waals surface area contributed by atoms with E-state index in [9.17, 15) is 22.4 Å². The number of benzene rings is 1. The SMILES string of the molecule is Cc1cc(C(=O)COC(=O)c2ccc(F)c(S(=O)(=O)N3CCOCC3)c2)c(C)n1C. The van der Waals surface area contributed by atoms with Gasteiger partial charge in [-0.1, -0.05) is 0 Å². The average Bonchev–Trinajstić information content (AvgIpc) is 3.00. The molecule has 1 aliphatic rings. The molecule has 0 amide bonds. The first-order chi connectivity index (χ1) is 14.1. The van der Waals surface area contributed by atoms with Crippen molar-refractivity contribution < 1.29 is 31.9 Å². The van der Waals surface area contributed by atoms with E-state index >= 15 is 0 Å². The maximum atomic E-state index is 14.3. The molecule has 0 unspecified atom stereocenters. The molecule has 1 aromatic carbocycles. The summed E-state index contributed by atoms with van der Waals surface area (Å²) in [5.41, 5.74) is 1.92. The molecule has 162 valence electrons. The molecule has 0 bridgehead atoms. The third-order valence-corrected chi connectivity index (χ3v) is 7.08. The molecule has 1 saturated heterocycles. The van der Waals surface area contributed by atoms with Gasteiger partial charge in [-0.05, 0) is 38.1 Å². The van der Waals surface area contributed by atoms with Crippen molar-refractivity contribution in [1.29, 1.82) is 0 Å². The first-order valence-electron chi connectivity index (χ1n) is 9.33. The van der Waals surface area contributed by atoms with Crippen molar-refractivity contribution in [2.75, 3.05) is 32.9 Å². The minimum atomic E-state index is -4.13. The van der Waals surface area contributed by atoms with Crippen LogP contribution in [-0.2, 0) is 26.5 Å². The lowest BCUT2D eigenvalue weighted by Crippen LogP contribution is -2.41. The second kappa shape index (κ2) is 8.66. The number of morpholine rings is 1. The van der Waals surface area contributed by atoms with Gasteiger partial charge in [-0.3, -0.25) is 4.79 Å². The van der Waals surface area contributed by atoms with Gasteiger partial charge in [0.2, 0.25) is 15.8 Å². The smallest absolute Gasteiger partial charge is 0.338 e. The van der Waals surface area contributed by atoms with E-state index in [1.165, 1.54) is 0 Å². The number of ketones is 1. The summed E-state index contributed by atoms with van der Waals surface area (Å²) in [6.45, 7) is 3.75. The number of aromatic nitrogens is 1. The fraction of sp³-hybridized carbons (Fsp3) is 0.400. The molecule has 0 spiro atoms. The molecule has 0 radical (unpaired) electrons. The van der Waals surface area contributed by atoms with Crippen LogP contribution in [0.1, 0.15) is 32.1 Å². The predicted molar refractivity (Wildman–Crippen MR) is 105 cm³/mol. The van der Waals surface area contributed by atoms with Crippen LogP contribution in [0.5, 0.6) is 0 Å². The van der Waals surface area contributed by atoms with Gasteiger partial charge in [0, 0.05) is 37.1 Å². The van der Waals surface area contributed by atoms with Crippen LogP contribution in [0.4, 0.5) is 4.39 Å². The lowest BCUT2D eigenvalue weighted by molar-refractivity contribution is 0.0474. The highest BCUT2D eigenvalue weighted by Crippen LogP contribution is 2.22. The Morgan fingerprint density at radius 1 is 1.17 bits per heavy atom. The lowest BCUT2D eigenvalue weighted by Gasteiger charge is -2.26. The van der Waals surface area contributed by atoms with Gasteiger partial charge >= 0.3 is 5.97 Å². The Balaban J connectivity index is 1.76. The molecule has 0 saturated carbocycles. The number of hydrogen-bond donors (Lipinski definition) is 0. The number of halogens is 1. The van der Waals surface area contributed by atoms with Gasteiger partial charge in [-0.2, -0.15) is 4.31 Å². The zero-order valence-corrected chi connectivity index (χ0v) is 17.8. The van der Waals surface area contributed by atoms with Crippen molar-refractivity contribution in [3.63, 3.8) is 0 Å². The number of carbonyl (C=O) groups excluding carboxylic acids is 2. The molecule has 2 heterocycles. The first-order valence-corrected chi connectivity index (χ1v) is 10.8. The van der Waals surface area contributed by atoms with Crippen molar-refractivity contribution in [2.24, 2.45) is 7.05 Å². The molecule has 8 nitrogen and oxygen atoms in total. The van der Waals surface area contributed by atoms with Crippen molar-refractivity contribution in [2.45, 2.75) is 18.7 Å². The summed E-state index contributed by atoms with van der Waals surface area (Å²) in [4.78, 5) is 24.2. The van der Waals surface area contributed by atoms with E-state index in [0.717, 1.165) is 33.9 Å². The van der Waals surface area contributed by atoms with E-state index in [-0.39, 0.29) is 37.6 Å². The largest absolute Gasteiger partial charge is 0.454 e. The Morgan fingerprint density at radius 3 is 2.43 bits per heavy atom. The third kappa shape index (κ3) is 4.30. The predicted octanol–water partition coefficient (Wildman–Crippen LogP) is 1.84. The molecule has 0 atom stereocenters. The number of carbonyl (C=O) groups is 2. The van der Waals surface area contributed by atoms with E-state index < -0.39 is 33.3 Å². The molecule has 30 heavy (non-hydrogen) atoms. The minimum Gasteiger partial charge on any atom is -0.454 e. The van der Waals surface area contributed by atoms with Crippen LogP contribution in [0.15, 0.2) is 29.2 Å². The van der Waals surface area contributed by atoms with Gasteiger partial charge in [0.15, 0.2) is 6.61 Å². The Labute approximate surface area is 174 Å². The van der Waals surface area contributed by atoms with Crippen LogP contribution in [-0.4, -0.2) is 62.0 Å². The Hall–Kier alpha value is -2.56. The van der Waals surface area contributed by atoms with E-state index in [2.05, 4.69) is 0 Å².